The van der Waals surface area contributed by atoms with Gasteiger partial charge in [0.15, 0.2) is 0 Å². The molecule has 2 aliphatic heterocycles. The first kappa shape index (κ1) is 17.5. The molecule has 2 heterocycles. The van der Waals surface area contributed by atoms with Crippen LogP contribution < -0.4 is 15.1 Å². The van der Waals surface area contributed by atoms with Crippen LogP contribution >= 0.6 is 0 Å². The lowest BCUT2D eigenvalue weighted by Gasteiger charge is -2.49. The molecule has 1 saturated carbocycles. The van der Waals surface area contributed by atoms with Gasteiger partial charge in [0.2, 0.25) is 5.91 Å². The van der Waals surface area contributed by atoms with Crippen molar-refractivity contribution < 1.29 is 9.18 Å². The molecule has 0 radical (unpaired) electrons. The van der Waals surface area contributed by atoms with Gasteiger partial charge in [0.25, 0.3) is 0 Å². The Morgan fingerprint density at radius 3 is 2.64 bits per heavy atom. The van der Waals surface area contributed by atoms with Gasteiger partial charge in [-0.1, -0.05) is 18.2 Å². The zero-order valence-corrected chi connectivity index (χ0v) is 16.0. The summed E-state index contributed by atoms with van der Waals surface area (Å²) < 4.78 is 13.3. The van der Waals surface area contributed by atoms with Crippen molar-refractivity contribution in [3.05, 3.63) is 59.9 Å². The number of fused-ring (bicyclic) bond motifs is 3. The molecule has 1 N–H and O–H groups in total. The molecule has 1 amide bonds. The Balaban J connectivity index is 1.41. The summed E-state index contributed by atoms with van der Waals surface area (Å²) >= 11 is 0. The van der Waals surface area contributed by atoms with E-state index in [2.05, 4.69) is 39.4 Å². The number of piperazine rings is 1. The van der Waals surface area contributed by atoms with Crippen LogP contribution in [0.15, 0.2) is 48.5 Å². The highest BCUT2D eigenvalue weighted by Crippen LogP contribution is 2.37. The Hall–Kier alpha value is -2.56. The predicted octanol–water partition coefficient (Wildman–Crippen LogP) is 3.22. The molecule has 0 aromatic heterocycles. The van der Waals surface area contributed by atoms with Crippen molar-refractivity contribution in [2.75, 3.05) is 36.0 Å². The first-order valence-corrected chi connectivity index (χ1v) is 10.3. The third-order valence-corrected chi connectivity index (χ3v) is 6.41. The van der Waals surface area contributed by atoms with Crippen LogP contribution in [0.5, 0.6) is 0 Å². The largest absolute Gasteiger partial charge is 0.368 e. The molecular weight excluding hydrogens is 353 g/mol. The number of carbonyl (C=O) groups is 1. The van der Waals surface area contributed by atoms with Gasteiger partial charge in [-0.15, -0.1) is 0 Å². The van der Waals surface area contributed by atoms with E-state index in [9.17, 15) is 9.18 Å². The summed E-state index contributed by atoms with van der Waals surface area (Å²) in [6, 6.07) is 15.3. The Bertz CT molecular complexity index is 864. The van der Waals surface area contributed by atoms with E-state index in [4.69, 9.17) is 0 Å². The van der Waals surface area contributed by atoms with Gasteiger partial charge in [-0.05, 0) is 61.1 Å². The number of amides is 1. The molecule has 0 spiro atoms. The van der Waals surface area contributed by atoms with Crippen molar-refractivity contribution >= 4 is 17.3 Å². The van der Waals surface area contributed by atoms with E-state index < -0.39 is 0 Å². The molecule has 28 heavy (non-hydrogen) atoms. The van der Waals surface area contributed by atoms with Crippen LogP contribution in [0.25, 0.3) is 0 Å². The van der Waals surface area contributed by atoms with Gasteiger partial charge in [-0.2, -0.15) is 0 Å². The lowest BCUT2D eigenvalue weighted by Crippen LogP contribution is -2.61. The molecule has 146 valence electrons. The van der Waals surface area contributed by atoms with Gasteiger partial charge < -0.3 is 15.1 Å². The van der Waals surface area contributed by atoms with Crippen LogP contribution in [0.1, 0.15) is 18.4 Å². The summed E-state index contributed by atoms with van der Waals surface area (Å²) in [6.07, 6.45) is 3.26. The molecule has 0 bridgehead atoms. The number of rotatable bonds is 4. The molecule has 3 aliphatic rings. The van der Waals surface area contributed by atoms with Crippen molar-refractivity contribution in [1.29, 1.82) is 0 Å². The van der Waals surface area contributed by atoms with E-state index in [0.29, 0.717) is 5.92 Å². The summed E-state index contributed by atoms with van der Waals surface area (Å²) in [6.45, 7) is 3.32. The van der Waals surface area contributed by atoms with Gasteiger partial charge in [0, 0.05) is 37.6 Å². The number of anilines is 2. The molecule has 1 saturated heterocycles. The summed E-state index contributed by atoms with van der Waals surface area (Å²) in [5.74, 6) is 0.582. The maximum atomic E-state index is 13.3. The number of para-hydroxylation sites is 1. The third kappa shape index (κ3) is 3.34. The number of nitrogens with one attached hydrogen (secondary N) is 1. The Labute approximate surface area is 165 Å². The third-order valence-electron chi connectivity index (χ3n) is 6.41. The predicted molar refractivity (Wildman–Crippen MR) is 109 cm³/mol. The van der Waals surface area contributed by atoms with Crippen LogP contribution in [-0.2, 0) is 11.2 Å². The molecule has 1 aliphatic carbocycles. The van der Waals surface area contributed by atoms with Crippen molar-refractivity contribution in [3.63, 3.8) is 0 Å². The molecule has 4 nitrogen and oxygen atoms in total. The number of halogens is 1. The zero-order valence-electron chi connectivity index (χ0n) is 16.0. The molecule has 2 aromatic carbocycles. The summed E-state index contributed by atoms with van der Waals surface area (Å²) in [4.78, 5) is 17.8. The van der Waals surface area contributed by atoms with Crippen molar-refractivity contribution in [3.8, 4) is 0 Å². The SMILES string of the molecule is O=C(NCC1CC1)[C@H]1Cc2ccccc2N2CCN(c3ccc(F)cc3)C[C@@H]12. The second kappa shape index (κ2) is 7.12. The quantitative estimate of drug-likeness (QED) is 0.886. The lowest BCUT2D eigenvalue weighted by atomic mass is 9.83. The molecule has 5 rings (SSSR count). The van der Waals surface area contributed by atoms with Gasteiger partial charge in [-0.25, -0.2) is 4.39 Å². The molecule has 2 aromatic rings. The Morgan fingerprint density at radius 1 is 1.07 bits per heavy atom. The minimum atomic E-state index is -0.216. The second-order valence-corrected chi connectivity index (χ2v) is 8.31. The van der Waals surface area contributed by atoms with Crippen LogP contribution in [0, 0.1) is 17.7 Å². The molecule has 0 unspecified atom stereocenters. The van der Waals surface area contributed by atoms with E-state index in [1.165, 1.54) is 36.2 Å². The van der Waals surface area contributed by atoms with Crippen LogP contribution in [-0.4, -0.2) is 38.1 Å². The number of hydrogen-bond acceptors (Lipinski definition) is 3. The molecule has 5 heteroatoms. The van der Waals surface area contributed by atoms with E-state index in [-0.39, 0.29) is 23.7 Å². The standard InChI is InChI=1S/C23H26FN3O/c24-18-7-9-19(10-8-18)26-11-12-27-21-4-2-1-3-17(21)13-20(22(27)15-26)23(28)25-14-16-5-6-16/h1-4,7-10,16,20,22H,5-6,11-15H2,(H,25,28)/t20-,22-/m0/s1. The minimum absolute atomic E-state index is 0.0584. The normalized spacial score (nSPS) is 23.8. The summed E-state index contributed by atoms with van der Waals surface area (Å²) in [5.41, 5.74) is 3.55. The zero-order chi connectivity index (χ0) is 19.1. The van der Waals surface area contributed by atoms with Crippen molar-refractivity contribution in [2.45, 2.75) is 25.3 Å². The number of carbonyl (C=O) groups excluding carboxylic acids is 1. The van der Waals surface area contributed by atoms with Gasteiger partial charge >= 0.3 is 0 Å². The Morgan fingerprint density at radius 2 is 1.86 bits per heavy atom. The van der Waals surface area contributed by atoms with Crippen LogP contribution in [0.2, 0.25) is 0 Å². The fourth-order valence-corrected chi connectivity index (χ4v) is 4.64. The van der Waals surface area contributed by atoms with Crippen LogP contribution in [0.4, 0.5) is 15.8 Å². The fourth-order valence-electron chi connectivity index (χ4n) is 4.64. The first-order chi connectivity index (χ1) is 13.7. The number of benzene rings is 2. The molecular formula is C23H26FN3O. The maximum absolute atomic E-state index is 13.3. The average Bonchev–Trinajstić information content (AvgIpc) is 3.56. The first-order valence-electron chi connectivity index (χ1n) is 10.3. The Kier molecular flexibility index (Phi) is 4.46. The summed E-state index contributed by atoms with van der Waals surface area (Å²) in [7, 11) is 0. The number of nitrogens with zero attached hydrogens (tertiary/aromatic N) is 2. The maximum Gasteiger partial charge on any atom is 0.225 e. The number of hydrogen-bond donors (Lipinski definition) is 1. The highest BCUT2D eigenvalue weighted by Gasteiger charge is 2.41. The van der Waals surface area contributed by atoms with Gasteiger partial charge in [0.1, 0.15) is 5.82 Å². The molecule has 2 atom stereocenters. The van der Waals surface area contributed by atoms with Gasteiger partial charge in [-0.3, -0.25) is 4.79 Å². The van der Waals surface area contributed by atoms with E-state index in [1.54, 1.807) is 0 Å². The van der Waals surface area contributed by atoms with Crippen LogP contribution in [0.3, 0.4) is 0 Å². The lowest BCUT2D eigenvalue weighted by molar-refractivity contribution is -0.125. The molecule has 2 fully saturated rings. The van der Waals surface area contributed by atoms with Gasteiger partial charge in [0.05, 0.1) is 12.0 Å². The highest BCUT2D eigenvalue weighted by atomic mass is 19.1. The van der Waals surface area contributed by atoms with E-state index in [0.717, 1.165) is 38.3 Å². The topological polar surface area (TPSA) is 35.6 Å². The van der Waals surface area contributed by atoms with Crippen molar-refractivity contribution in [2.24, 2.45) is 11.8 Å². The minimum Gasteiger partial charge on any atom is -0.368 e. The summed E-state index contributed by atoms with van der Waals surface area (Å²) in [5, 5.41) is 3.21. The monoisotopic (exact) mass is 379 g/mol. The average molecular weight is 379 g/mol. The second-order valence-electron chi connectivity index (χ2n) is 8.31. The highest BCUT2D eigenvalue weighted by molar-refractivity contribution is 5.82. The fraction of sp³-hybridized carbons (Fsp3) is 0.435. The van der Waals surface area contributed by atoms with E-state index >= 15 is 0 Å². The smallest absolute Gasteiger partial charge is 0.225 e. The van der Waals surface area contributed by atoms with Crippen molar-refractivity contribution in [1.82, 2.24) is 5.32 Å². The van der Waals surface area contributed by atoms with E-state index in [1.807, 2.05) is 12.1 Å².